The van der Waals surface area contributed by atoms with Crippen molar-refractivity contribution >= 4 is 11.8 Å². The number of nitrogens with one attached hydrogen (secondary N) is 1. The van der Waals surface area contributed by atoms with Crippen LogP contribution in [-0.2, 0) is 6.54 Å². The minimum absolute atomic E-state index is 0.495. The molecule has 1 aromatic carbocycles. The summed E-state index contributed by atoms with van der Waals surface area (Å²) in [6.45, 7) is 11.6. The molecule has 2 rings (SSSR count). The summed E-state index contributed by atoms with van der Waals surface area (Å²) in [5.41, 5.74) is 5.09. The average Bonchev–Trinajstić information content (AvgIpc) is 2.42. The molecule has 21 heavy (non-hydrogen) atoms. The second kappa shape index (κ2) is 7.10. The van der Waals surface area contributed by atoms with Crippen LogP contribution < -0.4 is 5.32 Å². The first-order valence-corrected chi connectivity index (χ1v) is 8.21. The number of pyridine rings is 1. The third-order valence-corrected chi connectivity index (χ3v) is 4.64. The van der Waals surface area contributed by atoms with Gasteiger partial charge in [0.25, 0.3) is 0 Å². The van der Waals surface area contributed by atoms with E-state index in [0.29, 0.717) is 6.04 Å². The van der Waals surface area contributed by atoms with Gasteiger partial charge in [0, 0.05) is 23.7 Å². The quantitative estimate of drug-likeness (QED) is 0.869. The van der Waals surface area contributed by atoms with Gasteiger partial charge in [0.1, 0.15) is 5.03 Å². The maximum absolute atomic E-state index is 4.64. The van der Waals surface area contributed by atoms with Gasteiger partial charge in [-0.15, -0.1) is 0 Å². The molecule has 1 heterocycles. The molecule has 0 spiro atoms. The van der Waals surface area contributed by atoms with Crippen molar-refractivity contribution in [3.05, 3.63) is 52.7 Å². The van der Waals surface area contributed by atoms with Gasteiger partial charge in [-0.25, -0.2) is 4.98 Å². The number of benzene rings is 1. The molecule has 0 unspecified atom stereocenters. The van der Waals surface area contributed by atoms with Gasteiger partial charge >= 0.3 is 0 Å². The maximum Gasteiger partial charge on any atom is 0.104 e. The molecule has 0 aliphatic heterocycles. The van der Waals surface area contributed by atoms with Crippen LogP contribution >= 0.6 is 11.8 Å². The first-order chi connectivity index (χ1) is 9.95. The molecule has 2 aromatic rings. The van der Waals surface area contributed by atoms with Crippen LogP contribution in [0, 0.1) is 20.8 Å². The van der Waals surface area contributed by atoms with E-state index in [4.69, 9.17) is 0 Å². The van der Waals surface area contributed by atoms with Gasteiger partial charge in [-0.1, -0.05) is 49.4 Å². The zero-order valence-corrected chi connectivity index (χ0v) is 14.3. The first kappa shape index (κ1) is 16.1. The van der Waals surface area contributed by atoms with Gasteiger partial charge in [-0.3, -0.25) is 0 Å². The van der Waals surface area contributed by atoms with Gasteiger partial charge in [0.05, 0.1) is 0 Å². The number of rotatable bonds is 5. The lowest BCUT2D eigenvalue weighted by atomic mass is 10.2. The minimum Gasteiger partial charge on any atom is -0.310 e. The minimum atomic E-state index is 0.495. The molecule has 0 atom stereocenters. The number of nitrogens with zero attached hydrogens (tertiary/aromatic N) is 1. The Kier molecular flexibility index (Phi) is 5.43. The summed E-state index contributed by atoms with van der Waals surface area (Å²) in [7, 11) is 0. The summed E-state index contributed by atoms with van der Waals surface area (Å²) in [5.74, 6) is 0. The molecule has 3 heteroatoms. The van der Waals surface area contributed by atoms with Crippen molar-refractivity contribution in [3.8, 4) is 0 Å². The van der Waals surface area contributed by atoms with Crippen LogP contribution in [0.1, 0.15) is 36.1 Å². The van der Waals surface area contributed by atoms with Crippen molar-refractivity contribution in [2.24, 2.45) is 0 Å². The predicted octanol–water partition coefficient (Wildman–Crippen LogP) is 4.66. The Morgan fingerprint density at radius 1 is 1.10 bits per heavy atom. The molecule has 0 saturated heterocycles. The lowest BCUT2D eigenvalue weighted by Gasteiger charge is -2.11. The van der Waals surface area contributed by atoms with E-state index in [2.05, 4.69) is 69.2 Å². The summed E-state index contributed by atoms with van der Waals surface area (Å²) in [5, 5.41) is 4.52. The lowest BCUT2D eigenvalue weighted by Crippen LogP contribution is -2.21. The number of aryl methyl sites for hydroxylation is 3. The highest BCUT2D eigenvalue weighted by molar-refractivity contribution is 7.99. The number of aromatic nitrogens is 1. The lowest BCUT2D eigenvalue weighted by molar-refractivity contribution is 0.587. The fourth-order valence-electron chi connectivity index (χ4n) is 2.16. The Hall–Kier alpha value is -1.32. The fraction of sp³-hybridized carbons (Fsp3) is 0.389. The highest BCUT2D eigenvalue weighted by atomic mass is 32.2. The molecule has 1 aromatic heterocycles. The van der Waals surface area contributed by atoms with Crippen LogP contribution in [0.5, 0.6) is 0 Å². The Morgan fingerprint density at radius 3 is 2.48 bits per heavy atom. The van der Waals surface area contributed by atoms with Crippen LogP contribution in [0.3, 0.4) is 0 Å². The smallest absolute Gasteiger partial charge is 0.104 e. The van der Waals surface area contributed by atoms with Crippen molar-refractivity contribution in [3.63, 3.8) is 0 Å². The number of hydrogen-bond acceptors (Lipinski definition) is 3. The molecule has 0 amide bonds. The van der Waals surface area contributed by atoms with E-state index in [-0.39, 0.29) is 0 Å². The summed E-state index contributed by atoms with van der Waals surface area (Å²) >= 11 is 1.75. The molecule has 0 aliphatic carbocycles. The Labute approximate surface area is 132 Å². The molecule has 0 bridgehead atoms. The van der Waals surface area contributed by atoms with Crippen molar-refractivity contribution in [1.82, 2.24) is 10.3 Å². The van der Waals surface area contributed by atoms with Crippen molar-refractivity contribution in [1.29, 1.82) is 0 Å². The molecular formula is C18H24N2S. The molecule has 0 aliphatic rings. The molecule has 1 N–H and O–H groups in total. The summed E-state index contributed by atoms with van der Waals surface area (Å²) in [4.78, 5) is 5.92. The van der Waals surface area contributed by atoms with Crippen molar-refractivity contribution < 1.29 is 0 Å². The van der Waals surface area contributed by atoms with Crippen LogP contribution in [0.15, 0.2) is 40.4 Å². The van der Waals surface area contributed by atoms with E-state index >= 15 is 0 Å². The highest BCUT2D eigenvalue weighted by Gasteiger charge is 2.07. The predicted molar refractivity (Wildman–Crippen MR) is 91.0 cm³/mol. The standard InChI is InChI=1S/C18H24N2S/c1-12(2)19-10-16-9-15(5)18(20-11-16)21-17-7-6-13(3)8-14(17)4/h6-9,11-12,19H,10H2,1-5H3. The van der Waals surface area contributed by atoms with Crippen LogP contribution in [0.25, 0.3) is 0 Å². The second-order valence-electron chi connectivity index (χ2n) is 5.87. The van der Waals surface area contributed by atoms with Gasteiger partial charge in [-0.05, 0) is 43.5 Å². The summed E-state index contributed by atoms with van der Waals surface area (Å²) < 4.78 is 0. The van der Waals surface area contributed by atoms with Gasteiger partial charge in [0.2, 0.25) is 0 Å². The highest BCUT2D eigenvalue weighted by Crippen LogP contribution is 2.31. The monoisotopic (exact) mass is 300 g/mol. The normalized spacial score (nSPS) is 11.1. The zero-order valence-electron chi connectivity index (χ0n) is 13.5. The van der Waals surface area contributed by atoms with E-state index in [0.717, 1.165) is 11.6 Å². The molecular weight excluding hydrogens is 276 g/mol. The van der Waals surface area contributed by atoms with Crippen LogP contribution in [0.4, 0.5) is 0 Å². The molecule has 0 fully saturated rings. The molecule has 112 valence electrons. The Morgan fingerprint density at radius 2 is 1.86 bits per heavy atom. The van der Waals surface area contributed by atoms with E-state index in [1.165, 1.54) is 27.1 Å². The topological polar surface area (TPSA) is 24.9 Å². The van der Waals surface area contributed by atoms with Gasteiger partial charge < -0.3 is 5.32 Å². The van der Waals surface area contributed by atoms with E-state index < -0.39 is 0 Å². The first-order valence-electron chi connectivity index (χ1n) is 7.39. The van der Waals surface area contributed by atoms with E-state index in [9.17, 15) is 0 Å². The van der Waals surface area contributed by atoms with E-state index in [1.807, 2.05) is 6.20 Å². The second-order valence-corrected chi connectivity index (χ2v) is 6.90. The van der Waals surface area contributed by atoms with Crippen LogP contribution in [-0.4, -0.2) is 11.0 Å². The Balaban J connectivity index is 2.13. The fourth-order valence-corrected chi connectivity index (χ4v) is 3.05. The van der Waals surface area contributed by atoms with Crippen molar-refractivity contribution in [2.75, 3.05) is 0 Å². The number of hydrogen-bond donors (Lipinski definition) is 1. The molecule has 2 nitrogen and oxygen atoms in total. The van der Waals surface area contributed by atoms with E-state index in [1.54, 1.807) is 11.8 Å². The van der Waals surface area contributed by atoms with Gasteiger partial charge in [0.15, 0.2) is 0 Å². The molecule has 0 saturated carbocycles. The van der Waals surface area contributed by atoms with Crippen molar-refractivity contribution in [2.45, 2.75) is 57.1 Å². The Bertz CT molecular complexity index is 621. The SMILES string of the molecule is Cc1ccc(Sc2ncc(CNC(C)C)cc2C)c(C)c1. The molecule has 0 radical (unpaired) electrons. The zero-order chi connectivity index (χ0) is 15.4. The van der Waals surface area contributed by atoms with Gasteiger partial charge in [-0.2, -0.15) is 0 Å². The average molecular weight is 300 g/mol. The maximum atomic E-state index is 4.64. The third-order valence-electron chi connectivity index (χ3n) is 3.34. The largest absolute Gasteiger partial charge is 0.310 e. The summed E-state index contributed by atoms with van der Waals surface area (Å²) in [6, 6.07) is 9.29. The van der Waals surface area contributed by atoms with Crippen LogP contribution in [0.2, 0.25) is 0 Å². The third kappa shape index (κ3) is 4.58. The summed E-state index contributed by atoms with van der Waals surface area (Å²) in [6.07, 6.45) is 1.98.